The summed E-state index contributed by atoms with van der Waals surface area (Å²) in [6, 6.07) is 7.26. The van der Waals surface area contributed by atoms with Gasteiger partial charge in [-0.2, -0.15) is 0 Å². The molecular weight excluding hydrogens is 394 g/mol. The predicted octanol–water partition coefficient (Wildman–Crippen LogP) is 3.14. The molecule has 8 nitrogen and oxygen atoms in total. The highest BCUT2D eigenvalue weighted by Crippen LogP contribution is 2.33. The zero-order chi connectivity index (χ0) is 22.0. The van der Waals surface area contributed by atoms with Crippen LogP contribution in [0, 0.1) is 0 Å². The number of anilines is 1. The summed E-state index contributed by atoms with van der Waals surface area (Å²) in [6.45, 7) is 6.73. The number of amides is 3. The van der Waals surface area contributed by atoms with E-state index in [1.165, 1.54) is 17.7 Å². The monoisotopic (exact) mass is 427 g/mol. The van der Waals surface area contributed by atoms with E-state index in [-0.39, 0.29) is 11.9 Å². The minimum absolute atomic E-state index is 0.115. The molecular formula is C23H33N5O3. The van der Waals surface area contributed by atoms with Crippen LogP contribution in [0.1, 0.15) is 46.0 Å². The van der Waals surface area contributed by atoms with Crippen molar-refractivity contribution in [1.29, 1.82) is 0 Å². The highest BCUT2D eigenvalue weighted by Gasteiger charge is 2.54. The summed E-state index contributed by atoms with van der Waals surface area (Å²) in [5.41, 5.74) is 1.01. The molecule has 3 aliphatic rings. The highest BCUT2D eigenvalue weighted by atomic mass is 16.5. The van der Waals surface area contributed by atoms with Gasteiger partial charge in [-0.1, -0.05) is 32.6 Å². The third-order valence-electron chi connectivity index (χ3n) is 6.32. The van der Waals surface area contributed by atoms with Gasteiger partial charge in [-0.3, -0.25) is 9.69 Å². The van der Waals surface area contributed by atoms with Gasteiger partial charge in [0.15, 0.2) is 12.2 Å². The number of imide groups is 1. The molecule has 4 rings (SSSR count). The van der Waals surface area contributed by atoms with Gasteiger partial charge >= 0.3 is 6.03 Å². The van der Waals surface area contributed by atoms with Crippen molar-refractivity contribution < 1.29 is 14.3 Å². The molecule has 0 aliphatic carbocycles. The Kier molecular flexibility index (Phi) is 6.34. The summed E-state index contributed by atoms with van der Waals surface area (Å²) < 4.78 is 5.54. The lowest BCUT2D eigenvalue weighted by atomic mass is 10.1. The lowest BCUT2D eigenvalue weighted by Crippen LogP contribution is -2.64. The zero-order valence-electron chi connectivity index (χ0n) is 18.8. The van der Waals surface area contributed by atoms with Crippen molar-refractivity contribution in [3.05, 3.63) is 24.3 Å². The van der Waals surface area contributed by atoms with Crippen molar-refractivity contribution >= 4 is 23.6 Å². The molecule has 3 aliphatic heterocycles. The number of guanidine groups is 1. The number of hydrogen-bond acceptors (Lipinski definition) is 6. The Balaban J connectivity index is 1.48. The third kappa shape index (κ3) is 3.95. The number of carbonyl (C=O) groups excluding carboxylic acids is 2. The summed E-state index contributed by atoms with van der Waals surface area (Å²) in [4.78, 5) is 38.3. The van der Waals surface area contributed by atoms with E-state index in [2.05, 4.69) is 16.7 Å². The van der Waals surface area contributed by atoms with Gasteiger partial charge in [0.1, 0.15) is 5.75 Å². The van der Waals surface area contributed by atoms with E-state index in [0.717, 1.165) is 43.2 Å². The predicted molar refractivity (Wildman–Crippen MR) is 120 cm³/mol. The van der Waals surface area contributed by atoms with Crippen LogP contribution in [0.2, 0.25) is 0 Å². The number of nitrogens with zero attached hydrogens (tertiary/aromatic N) is 5. The van der Waals surface area contributed by atoms with E-state index in [4.69, 9.17) is 9.73 Å². The molecule has 168 valence electrons. The molecule has 3 amide bonds. The molecule has 2 saturated heterocycles. The second kappa shape index (κ2) is 9.16. The Labute approximate surface area is 184 Å². The van der Waals surface area contributed by atoms with E-state index < -0.39 is 12.2 Å². The minimum Gasteiger partial charge on any atom is -0.494 e. The molecule has 0 spiro atoms. The first-order valence-corrected chi connectivity index (χ1v) is 11.5. The van der Waals surface area contributed by atoms with Gasteiger partial charge in [0.05, 0.1) is 6.61 Å². The molecule has 1 aromatic rings. The Morgan fingerprint density at radius 2 is 1.77 bits per heavy atom. The van der Waals surface area contributed by atoms with Crippen LogP contribution in [0.25, 0.3) is 0 Å². The van der Waals surface area contributed by atoms with E-state index in [0.29, 0.717) is 19.7 Å². The fraction of sp³-hybridized carbons (Fsp3) is 0.609. The second-order valence-electron chi connectivity index (χ2n) is 8.36. The molecule has 2 atom stereocenters. The molecule has 0 aromatic heterocycles. The minimum atomic E-state index is -0.461. The van der Waals surface area contributed by atoms with Gasteiger partial charge in [-0.15, -0.1) is 0 Å². The van der Waals surface area contributed by atoms with Crippen molar-refractivity contribution in [3.63, 3.8) is 0 Å². The smallest absolute Gasteiger partial charge is 0.328 e. The number of rotatable bonds is 9. The number of carbonyl (C=O) groups is 2. The fourth-order valence-electron chi connectivity index (χ4n) is 4.65. The lowest BCUT2D eigenvalue weighted by molar-refractivity contribution is -0.137. The number of hydrogen-bond donors (Lipinski definition) is 0. The lowest BCUT2D eigenvalue weighted by Gasteiger charge is -2.40. The topological polar surface area (TPSA) is 68.7 Å². The number of unbranched alkanes of at least 4 members (excludes halogenated alkanes) is 4. The highest BCUT2D eigenvalue weighted by molar-refractivity contribution is 6.07. The summed E-state index contributed by atoms with van der Waals surface area (Å²) in [5.74, 6) is 1.49. The van der Waals surface area contributed by atoms with Crippen LogP contribution in [0.4, 0.5) is 10.5 Å². The maximum atomic E-state index is 13.3. The quantitative estimate of drug-likeness (QED) is 0.567. The SMILES string of the molecule is CCCCCCCN1C(=O)C2C(N=C3N(c4ccc(OCC)cc4)CCN32)N(C)C1=O. The van der Waals surface area contributed by atoms with Crippen LogP contribution in [-0.4, -0.2) is 78.1 Å². The van der Waals surface area contributed by atoms with Gasteiger partial charge in [0.2, 0.25) is 5.96 Å². The first-order valence-electron chi connectivity index (χ1n) is 11.5. The van der Waals surface area contributed by atoms with Crippen molar-refractivity contribution in [3.8, 4) is 5.75 Å². The van der Waals surface area contributed by atoms with E-state index in [9.17, 15) is 9.59 Å². The largest absolute Gasteiger partial charge is 0.494 e. The Morgan fingerprint density at radius 3 is 2.48 bits per heavy atom. The number of urea groups is 1. The molecule has 2 unspecified atom stereocenters. The van der Waals surface area contributed by atoms with Crippen molar-refractivity contribution in [2.75, 3.05) is 38.2 Å². The Morgan fingerprint density at radius 1 is 1.03 bits per heavy atom. The molecule has 0 bridgehead atoms. The maximum absolute atomic E-state index is 13.3. The van der Waals surface area contributed by atoms with Gasteiger partial charge in [-0.25, -0.2) is 9.79 Å². The fourth-order valence-corrected chi connectivity index (χ4v) is 4.65. The zero-order valence-corrected chi connectivity index (χ0v) is 18.8. The normalized spacial score (nSPS) is 22.7. The van der Waals surface area contributed by atoms with E-state index >= 15 is 0 Å². The van der Waals surface area contributed by atoms with Crippen molar-refractivity contribution in [2.24, 2.45) is 4.99 Å². The molecule has 3 heterocycles. The molecule has 0 N–H and O–H groups in total. The average Bonchev–Trinajstić information content (AvgIpc) is 3.34. The van der Waals surface area contributed by atoms with Crippen LogP contribution in [0.5, 0.6) is 5.75 Å². The first kappa shape index (κ1) is 21.5. The number of likely N-dealkylation sites (N-methyl/N-ethyl adjacent to an activating group) is 1. The number of ether oxygens (including phenoxy) is 1. The van der Waals surface area contributed by atoms with Crippen LogP contribution in [0.3, 0.4) is 0 Å². The van der Waals surface area contributed by atoms with Gasteiger partial charge in [-0.05, 0) is 37.6 Å². The standard InChI is InChI=1S/C23H33N5O3/c1-4-6-7-8-9-14-28-21(29)19-20(25(3)23(28)30)24-22-26(15-16-27(19)22)17-10-12-18(13-11-17)31-5-2/h10-13,19-20H,4-9,14-16H2,1-3H3. The van der Waals surface area contributed by atoms with Crippen LogP contribution >= 0.6 is 0 Å². The number of fused-ring (bicyclic) bond motifs is 3. The van der Waals surface area contributed by atoms with Gasteiger partial charge in [0, 0.05) is 32.4 Å². The Bertz CT molecular complexity index is 840. The number of benzene rings is 1. The third-order valence-corrected chi connectivity index (χ3v) is 6.32. The van der Waals surface area contributed by atoms with Gasteiger partial charge in [0.25, 0.3) is 5.91 Å². The summed E-state index contributed by atoms with van der Waals surface area (Å²) in [7, 11) is 1.75. The average molecular weight is 428 g/mol. The van der Waals surface area contributed by atoms with Crippen LogP contribution in [-0.2, 0) is 4.79 Å². The maximum Gasteiger partial charge on any atom is 0.328 e. The molecule has 0 radical (unpaired) electrons. The van der Waals surface area contributed by atoms with Crippen molar-refractivity contribution in [1.82, 2.24) is 14.7 Å². The molecule has 1 aromatic carbocycles. The Hall–Kier alpha value is -2.77. The molecule has 8 heteroatoms. The summed E-state index contributed by atoms with van der Waals surface area (Å²) in [5, 5.41) is 0. The van der Waals surface area contributed by atoms with E-state index in [1.54, 1.807) is 11.9 Å². The van der Waals surface area contributed by atoms with Crippen molar-refractivity contribution in [2.45, 2.75) is 58.2 Å². The van der Waals surface area contributed by atoms with Gasteiger partial charge < -0.3 is 19.4 Å². The first-order chi connectivity index (χ1) is 15.1. The van der Waals surface area contributed by atoms with Crippen LogP contribution in [0.15, 0.2) is 29.3 Å². The van der Waals surface area contributed by atoms with Crippen LogP contribution < -0.4 is 9.64 Å². The summed E-state index contributed by atoms with van der Waals surface area (Å²) >= 11 is 0. The second-order valence-corrected chi connectivity index (χ2v) is 8.36. The molecule has 2 fully saturated rings. The molecule has 0 saturated carbocycles. The molecule has 31 heavy (non-hydrogen) atoms. The summed E-state index contributed by atoms with van der Waals surface area (Å²) in [6.07, 6.45) is 4.95. The van der Waals surface area contributed by atoms with E-state index in [1.807, 2.05) is 31.2 Å². The number of aliphatic imine (C=N–C) groups is 1.